The fourth-order valence-corrected chi connectivity index (χ4v) is 1.64. The van der Waals surface area contributed by atoms with Crippen LogP contribution in [-0.4, -0.2) is 19.4 Å². The van der Waals surface area contributed by atoms with Crippen LogP contribution >= 0.6 is 15.9 Å². The van der Waals surface area contributed by atoms with Crippen molar-refractivity contribution < 1.29 is 14.3 Å². The number of hydrogen-bond donors (Lipinski definition) is 0. The van der Waals surface area contributed by atoms with Crippen LogP contribution in [0.1, 0.15) is 15.9 Å². The third-order valence-corrected chi connectivity index (χ3v) is 2.15. The van der Waals surface area contributed by atoms with E-state index >= 15 is 0 Å². The number of carbonyl (C=O) groups excluding carboxylic acids is 2. The molecule has 0 N–H and O–H groups in total. The van der Waals surface area contributed by atoms with Crippen LogP contribution in [0.5, 0.6) is 0 Å². The van der Waals surface area contributed by atoms with Crippen molar-refractivity contribution in [1.29, 1.82) is 0 Å². The molecule has 0 aliphatic carbocycles. The second kappa shape index (κ2) is 4.91. The summed E-state index contributed by atoms with van der Waals surface area (Å²) in [6.07, 6.45) is 0.919. The topological polar surface area (TPSA) is 43.4 Å². The smallest absolute Gasteiger partial charge is 0.309 e. The first kappa shape index (κ1) is 10.9. The standard InChI is InChI=1S/C10H9BrO3/c1-14-10(13)5-7-2-8(6-12)4-9(11)3-7/h2-4,6H,5H2,1H3. The Morgan fingerprint density at radius 3 is 2.79 bits per heavy atom. The van der Waals surface area contributed by atoms with Gasteiger partial charge in [0.15, 0.2) is 0 Å². The summed E-state index contributed by atoms with van der Waals surface area (Å²) in [5.74, 6) is -0.319. The van der Waals surface area contributed by atoms with Crippen molar-refractivity contribution >= 4 is 28.2 Å². The van der Waals surface area contributed by atoms with E-state index in [2.05, 4.69) is 20.7 Å². The number of methoxy groups -OCH3 is 1. The van der Waals surface area contributed by atoms with Crippen molar-refractivity contribution in [1.82, 2.24) is 0 Å². The molecule has 0 atom stereocenters. The normalized spacial score (nSPS) is 9.57. The third-order valence-electron chi connectivity index (χ3n) is 1.69. The minimum atomic E-state index is -0.319. The van der Waals surface area contributed by atoms with Gasteiger partial charge in [-0.1, -0.05) is 15.9 Å². The molecule has 0 saturated heterocycles. The van der Waals surface area contributed by atoms with Gasteiger partial charge in [-0.15, -0.1) is 0 Å². The Labute approximate surface area is 90.2 Å². The number of halogens is 1. The second-order valence-electron chi connectivity index (χ2n) is 2.76. The molecule has 4 heteroatoms. The number of hydrogen-bond acceptors (Lipinski definition) is 3. The maximum atomic E-state index is 11.0. The SMILES string of the molecule is COC(=O)Cc1cc(Br)cc(C=O)c1. The third kappa shape index (κ3) is 2.96. The number of ether oxygens (including phenoxy) is 1. The molecule has 3 nitrogen and oxygen atoms in total. The van der Waals surface area contributed by atoms with E-state index in [1.54, 1.807) is 18.2 Å². The van der Waals surface area contributed by atoms with Gasteiger partial charge in [-0.2, -0.15) is 0 Å². The summed E-state index contributed by atoms with van der Waals surface area (Å²) in [6.45, 7) is 0. The Kier molecular flexibility index (Phi) is 3.83. The van der Waals surface area contributed by atoms with Crippen LogP contribution in [0.4, 0.5) is 0 Å². The van der Waals surface area contributed by atoms with Crippen molar-refractivity contribution in [2.75, 3.05) is 7.11 Å². The van der Waals surface area contributed by atoms with Crippen molar-refractivity contribution in [3.8, 4) is 0 Å². The van der Waals surface area contributed by atoms with E-state index in [-0.39, 0.29) is 12.4 Å². The summed E-state index contributed by atoms with van der Waals surface area (Å²) in [5, 5.41) is 0. The summed E-state index contributed by atoms with van der Waals surface area (Å²) in [4.78, 5) is 21.5. The minimum Gasteiger partial charge on any atom is -0.469 e. The van der Waals surface area contributed by atoms with Crippen molar-refractivity contribution in [2.24, 2.45) is 0 Å². The summed E-state index contributed by atoms with van der Waals surface area (Å²) in [7, 11) is 1.33. The van der Waals surface area contributed by atoms with E-state index in [0.29, 0.717) is 5.56 Å². The lowest BCUT2D eigenvalue weighted by Gasteiger charge is -2.01. The van der Waals surface area contributed by atoms with Gasteiger partial charge in [0.05, 0.1) is 13.5 Å². The molecule has 14 heavy (non-hydrogen) atoms. The molecule has 1 aromatic rings. The lowest BCUT2D eigenvalue weighted by atomic mass is 10.1. The molecule has 0 amide bonds. The monoisotopic (exact) mass is 256 g/mol. The molecular formula is C10H9BrO3. The Hall–Kier alpha value is -1.16. The van der Waals surface area contributed by atoms with E-state index in [9.17, 15) is 9.59 Å². The van der Waals surface area contributed by atoms with Crippen LogP contribution < -0.4 is 0 Å². The van der Waals surface area contributed by atoms with E-state index < -0.39 is 0 Å². The highest BCUT2D eigenvalue weighted by Gasteiger charge is 2.04. The van der Waals surface area contributed by atoms with Crippen molar-refractivity contribution in [3.63, 3.8) is 0 Å². The molecule has 0 unspecified atom stereocenters. The summed E-state index contributed by atoms with van der Waals surface area (Å²) in [5.41, 5.74) is 1.30. The zero-order valence-corrected chi connectivity index (χ0v) is 9.21. The van der Waals surface area contributed by atoms with Crippen molar-refractivity contribution in [3.05, 3.63) is 33.8 Å². The van der Waals surface area contributed by atoms with Gasteiger partial charge in [-0.05, 0) is 23.8 Å². The molecule has 0 radical (unpaired) electrons. The van der Waals surface area contributed by atoms with E-state index in [4.69, 9.17) is 0 Å². The number of rotatable bonds is 3. The molecule has 0 bridgehead atoms. The van der Waals surface area contributed by atoms with Gasteiger partial charge >= 0.3 is 5.97 Å². The largest absolute Gasteiger partial charge is 0.469 e. The predicted octanol–water partition coefficient (Wildman–Crippen LogP) is 1.98. The van der Waals surface area contributed by atoms with Crippen LogP contribution in [0.3, 0.4) is 0 Å². The molecular weight excluding hydrogens is 248 g/mol. The Morgan fingerprint density at radius 2 is 2.21 bits per heavy atom. The van der Waals surface area contributed by atoms with Crippen LogP contribution in [0.25, 0.3) is 0 Å². The molecule has 0 heterocycles. The molecule has 0 saturated carbocycles. The zero-order chi connectivity index (χ0) is 10.6. The number of esters is 1. The van der Waals surface area contributed by atoms with Crippen LogP contribution in [0, 0.1) is 0 Å². The highest BCUT2D eigenvalue weighted by atomic mass is 79.9. The fraction of sp³-hybridized carbons (Fsp3) is 0.200. The Bertz CT molecular complexity index is 360. The number of carbonyl (C=O) groups is 2. The van der Waals surface area contributed by atoms with Gasteiger partial charge in [0.2, 0.25) is 0 Å². The minimum absolute atomic E-state index is 0.177. The maximum absolute atomic E-state index is 11.0. The van der Waals surface area contributed by atoms with Gasteiger partial charge in [0.25, 0.3) is 0 Å². The molecule has 1 aromatic carbocycles. The first-order chi connectivity index (χ1) is 6.65. The highest BCUT2D eigenvalue weighted by molar-refractivity contribution is 9.10. The molecule has 0 fully saturated rings. The lowest BCUT2D eigenvalue weighted by Crippen LogP contribution is -2.04. The number of aldehydes is 1. The van der Waals surface area contributed by atoms with Crippen LogP contribution in [0.15, 0.2) is 22.7 Å². The molecule has 0 aliphatic rings. The first-order valence-electron chi connectivity index (χ1n) is 3.97. The summed E-state index contributed by atoms with van der Waals surface area (Å²) < 4.78 is 5.30. The van der Waals surface area contributed by atoms with E-state index in [1.807, 2.05) is 0 Å². The molecule has 74 valence electrons. The van der Waals surface area contributed by atoms with Gasteiger partial charge in [0.1, 0.15) is 6.29 Å². The highest BCUT2D eigenvalue weighted by Crippen LogP contribution is 2.15. The van der Waals surface area contributed by atoms with Gasteiger partial charge in [0, 0.05) is 10.0 Å². The summed E-state index contributed by atoms with van der Waals surface area (Å²) >= 11 is 3.25. The van der Waals surface area contributed by atoms with Gasteiger partial charge in [-0.3, -0.25) is 9.59 Å². The van der Waals surface area contributed by atoms with Gasteiger partial charge < -0.3 is 4.74 Å². The zero-order valence-electron chi connectivity index (χ0n) is 7.62. The average Bonchev–Trinajstić information content (AvgIpc) is 2.16. The Balaban J connectivity index is 2.91. The average molecular weight is 257 g/mol. The maximum Gasteiger partial charge on any atom is 0.309 e. The van der Waals surface area contributed by atoms with E-state index in [1.165, 1.54) is 7.11 Å². The Morgan fingerprint density at radius 1 is 1.50 bits per heavy atom. The molecule has 1 rings (SSSR count). The lowest BCUT2D eigenvalue weighted by molar-refractivity contribution is -0.139. The second-order valence-corrected chi connectivity index (χ2v) is 3.68. The number of benzene rings is 1. The van der Waals surface area contributed by atoms with E-state index in [0.717, 1.165) is 16.3 Å². The molecule has 0 spiro atoms. The van der Waals surface area contributed by atoms with Crippen molar-refractivity contribution in [2.45, 2.75) is 6.42 Å². The van der Waals surface area contributed by atoms with Gasteiger partial charge in [-0.25, -0.2) is 0 Å². The predicted molar refractivity (Wildman–Crippen MR) is 55.2 cm³/mol. The molecule has 0 aromatic heterocycles. The van der Waals surface area contributed by atoms with Crippen LogP contribution in [0.2, 0.25) is 0 Å². The quantitative estimate of drug-likeness (QED) is 0.614. The van der Waals surface area contributed by atoms with Crippen LogP contribution in [-0.2, 0) is 16.0 Å². The first-order valence-corrected chi connectivity index (χ1v) is 4.76. The fourth-order valence-electron chi connectivity index (χ4n) is 1.08. The summed E-state index contributed by atoms with van der Waals surface area (Å²) in [6, 6.07) is 5.13. The molecule has 0 aliphatic heterocycles.